The number of aromatic nitrogens is 4. The Balaban J connectivity index is 1.66. The van der Waals surface area contributed by atoms with E-state index in [2.05, 4.69) is 20.7 Å². The summed E-state index contributed by atoms with van der Waals surface area (Å²) in [6, 6.07) is 8.22. The predicted octanol–water partition coefficient (Wildman–Crippen LogP) is 3.81. The number of aryl methyl sites for hydroxylation is 1. The van der Waals surface area contributed by atoms with Crippen LogP contribution in [0.25, 0.3) is 11.6 Å². The highest BCUT2D eigenvalue weighted by Gasteiger charge is 2.38. The lowest BCUT2D eigenvalue weighted by Gasteiger charge is -2.37. The summed E-state index contributed by atoms with van der Waals surface area (Å²) in [5, 5.41) is 15.3. The van der Waals surface area contributed by atoms with Gasteiger partial charge in [-0.05, 0) is 75.6 Å². The number of rotatable bonds is 7. The molecule has 1 aliphatic carbocycles. The molecule has 9 nitrogen and oxygen atoms in total. The van der Waals surface area contributed by atoms with E-state index in [4.69, 9.17) is 4.42 Å². The highest BCUT2D eigenvalue weighted by molar-refractivity contribution is 5.89. The topological polar surface area (TPSA) is 106 Å². The van der Waals surface area contributed by atoms with Gasteiger partial charge in [-0.1, -0.05) is 25.0 Å². The number of nitrogens with zero attached hydrogens (tertiary/aromatic N) is 5. The third-order valence-corrected chi connectivity index (χ3v) is 5.91. The minimum atomic E-state index is -0.916. The molecular formula is C25H31FN6O3. The molecule has 0 radical (unpaired) electrons. The molecule has 10 heteroatoms. The van der Waals surface area contributed by atoms with Gasteiger partial charge in [-0.3, -0.25) is 9.59 Å². The Kier molecular flexibility index (Phi) is 7.00. The van der Waals surface area contributed by atoms with Crippen molar-refractivity contribution in [3.63, 3.8) is 0 Å². The lowest BCUT2D eigenvalue weighted by molar-refractivity contribution is -0.145. The quantitative estimate of drug-likeness (QED) is 0.549. The van der Waals surface area contributed by atoms with Crippen LogP contribution in [0, 0.1) is 12.7 Å². The van der Waals surface area contributed by atoms with Crippen LogP contribution in [0.5, 0.6) is 0 Å². The van der Waals surface area contributed by atoms with Crippen LogP contribution >= 0.6 is 0 Å². The van der Waals surface area contributed by atoms with Crippen LogP contribution in [0.15, 0.2) is 40.8 Å². The summed E-state index contributed by atoms with van der Waals surface area (Å²) in [5.74, 6) is 0.417. The average Bonchev–Trinajstić information content (AvgIpc) is 3.53. The van der Waals surface area contributed by atoms with Crippen molar-refractivity contribution in [2.45, 2.75) is 77.5 Å². The Hall–Kier alpha value is -3.56. The van der Waals surface area contributed by atoms with Crippen molar-refractivity contribution in [1.82, 2.24) is 30.4 Å². The first-order valence-electron chi connectivity index (χ1n) is 11.8. The molecule has 0 spiro atoms. The van der Waals surface area contributed by atoms with Crippen LogP contribution in [0.4, 0.5) is 4.39 Å². The van der Waals surface area contributed by atoms with E-state index in [1.54, 1.807) is 29.2 Å². The highest BCUT2D eigenvalue weighted by atomic mass is 19.1. The monoisotopic (exact) mass is 482 g/mol. The number of tetrazole rings is 1. The second-order valence-electron chi connectivity index (χ2n) is 9.99. The molecule has 1 saturated carbocycles. The van der Waals surface area contributed by atoms with Gasteiger partial charge in [0.2, 0.25) is 17.6 Å². The van der Waals surface area contributed by atoms with Crippen molar-refractivity contribution in [1.29, 1.82) is 0 Å². The summed E-state index contributed by atoms with van der Waals surface area (Å²) in [7, 11) is 0. The number of hydrogen-bond acceptors (Lipinski definition) is 6. The van der Waals surface area contributed by atoms with Gasteiger partial charge < -0.3 is 14.6 Å². The van der Waals surface area contributed by atoms with Gasteiger partial charge in [-0.25, -0.2) is 4.39 Å². The van der Waals surface area contributed by atoms with Gasteiger partial charge in [0.25, 0.3) is 0 Å². The number of carbonyl (C=O) groups is 2. The van der Waals surface area contributed by atoms with Gasteiger partial charge in [0.15, 0.2) is 5.76 Å². The smallest absolute Gasteiger partial charge is 0.247 e. The van der Waals surface area contributed by atoms with Gasteiger partial charge in [-0.2, -0.15) is 4.80 Å². The predicted molar refractivity (Wildman–Crippen MR) is 126 cm³/mol. The Morgan fingerprint density at radius 1 is 1.17 bits per heavy atom. The first-order chi connectivity index (χ1) is 16.6. The Labute approximate surface area is 203 Å². The number of halogens is 1. The molecule has 1 fully saturated rings. The highest BCUT2D eigenvalue weighted by Crippen LogP contribution is 2.32. The fourth-order valence-electron chi connectivity index (χ4n) is 4.43. The normalized spacial score (nSPS) is 15.2. The zero-order valence-electron chi connectivity index (χ0n) is 20.5. The molecule has 3 aromatic rings. The van der Waals surface area contributed by atoms with E-state index in [0.29, 0.717) is 17.1 Å². The molecule has 2 aromatic heterocycles. The second kappa shape index (κ2) is 9.97. The second-order valence-corrected chi connectivity index (χ2v) is 9.99. The molecule has 1 aliphatic rings. The van der Waals surface area contributed by atoms with E-state index >= 15 is 0 Å². The summed E-state index contributed by atoms with van der Waals surface area (Å²) in [5.41, 5.74) is 0.0372. The van der Waals surface area contributed by atoms with E-state index in [0.717, 1.165) is 25.7 Å². The standard InChI is InChI=1S/C25H31FN6O3/c1-16-9-14-20(35-16)23-28-30-31(29-23)15-21(33)32(19-7-5-6-8-19)22(24(34)27-25(2,3)4)17-10-12-18(26)13-11-17/h9-14,19,22H,5-8,15H2,1-4H3,(H,27,34)/t22-/m1/s1. The Morgan fingerprint density at radius 3 is 2.46 bits per heavy atom. The first-order valence-corrected chi connectivity index (χ1v) is 11.8. The minimum Gasteiger partial charge on any atom is -0.458 e. The third-order valence-electron chi connectivity index (χ3n) is 5.91. The summed E-state index contributed by atoms with van der Waals surface area (Å²) in [4.78, 5) is 30.1. The number of amides is 2. The molecule has 35 heavy (non-hydrogen) atoms. The fourth-order valence-corrected chi connectivity index (χ4v) is 4.43. The summed E-state index contributed by atoms with van der Waals surface area (Å²) in [6.07, 6.45) is 3.51. The van der Waals surface area contributed by atoms with E-state index in [9.17, 15) is 14.0 Å². The average molecular weight is 483 g/mol. The number of benzene rings is 1. The van der Waals surface area contributed by atoms with E-state index in [-0.39, 0.29) is 30.2 Å². The van der Waals surface area contributed by atoms with Gasteiger partial charge >= 0.3 is 0 Å². The van der Waals surface area contributed by atoms with Crippen molar-refractivity contribution in [3.05, 3.63) is 53.5 Å². The van der Waals surface area contributed by atoms with Crippen molar-refractivity contribution in [2.24, 2.45) is 0 Å². The molecule has 4 rings (SSSR count). The number of carbonyl (C=O) groups excluding carboxylic acids is 2. The first kappa shape index (κ1) is 24.6. The maximum absolute atomic E-state index is 13.7. The molecular weight excluding hydrogens is 451 g/mol. The van der Waals surface area contributed by atoms with Crippen molar-refractivity contribution < 1.29 is 18.4 Å². The maximum atomic E-state index is 13.7. The van der Waals surface area contributed by atoms with Crippen molar-refractivity contribution in [2.75, 3.05) is 0 Å². The molecule has 186 valence electrons. The zero-order chi connectivity index (χ0) is 25.2. The summed E-state index contributed by atoms with van der Waals surface area (Å²) >= 11 is 0. The van der Waals surface area contributed by atoms with E-state index in [1.807, 2.05) is 27.7 Å². The Bertz CT molecular complexity index is 1170. The SMILES string of the molecule is Cc1ccc(-c2nnn(CC(=O)N(C3CCCC3)[C@@H](C(=O)NC(C)(C)C)c3ccc(F)cc3)n2)o1. The van der Waals surface area contributed by atoms with Crippen LogP contribution in [0.2, 0.25) is 0 Å². The molecule has 0 unspecified atom stereocenters. The maximum Gasteiger partial charge on any atom is 0.247 e. The van der Waals surface area contributed by atoms with Crippen LogP contribution in [-0.4, -0.2) is 48.5 Å². The van der Waals surface area contributed by atoms with Crippen LogP contribution < -0.4 is 5.32 Å². The lowest BCUT2D eigenvalue weighted by atomic mass is 9.99. The molecule has 0 aliphatic heterocycles. The molecule has 2 amide bonds. The zero-order valence-corrected chi connectivity index (χ0v) is 20.5. The van der Waals surface area contributed by atoms with Gasteiger partial charge in [0.1, 0.15) is 24.2 Å². The van der Waals surface area contributed by atoms with E-state index in [1.165, 1.54) is 16.9 Å². The number of nitrogens with one attached hydrogen (secondary N) is 1. The third kappa shape index (κ3) is 5.93. The fraction of sp³-hybridized carbons (Fsp3) is 0.480. The lowest BCUT2D eigenvalue weighted by Crippen LogP contribution is -2.52. The van der Waals surface area contributed by atoms with Crippen LogP contribution in [0.3, 0.4) is 0 Å². The molecule has 0 bridgehead atoms. The van der Waals surface area contributed by atoms with Crippen LogP contribution in [-0.2, 0) is 16.1 Å². The van der Waals surface area contributed by atoms with Gasteiger partial charge in [-0.15, -0.1) is 10.2 Å². The van der Waals surface area contributed by atoms with Crippen LogP contribution in [0.1, 0.15) is 63.8 Å². The molecule has 0 saturated heterocycles. The summed E-state index contributed by atoms with van der Waals surface area (Å²) < 4.78 is 19.2. The van der Waals surface area contributed by atoms with Crippen molar-refractivity contribution >= 4 is 11.8 Å². The molecule has 1 atom stereocenters. The number of hydrogen-bond donors (Lipinski definition) is 1. The molecule has 1 aromatic carbocycles. The molecule has 2 heterocycles. The summed E-state index contributed by atoms with van der Waals surface area (Å²) in [6.45, 7) is 7.27. The van der Waals surface area contributed by atoms with E-state index < -0.39 is 17.4 Å². The number of furan rings is 1. The molecule has 1 N–H and O–H groups in total. The minimum absolute atomic E-state index is 0.126. The van der Waals surface area contributed by atoms with Crippen molar-refractivity contribution in [3.8, 4) is 11.6 Å². The van der Waals surface area contributed by atoms with Gasteiger partial charge in [0, 0.05) is 11.6 Å². The Morgan fingerprint density at radius 2 is 1.86 bits per heavy atom. The largest absolute Gasteiger partial charge is 0.458 e. The van der Waals surface area contributed by atoms with Gasteiger partial charge in [0.05, 0.1) is 0 Å².